The molecular formula is C16H17F3N4O4. The van der Waals surface area contributed by atoms with E-state index in [2.05, 4.69) is 9.72 Å². The van der Waals surface area contributed by atoms with Crippen molar-refractivity contribution >= 4 is 5.82 Å². The number of alkyl halides is 3. The van der Waals surface area contributed by atoms with Crippen molar-refractivity contribution in [3.63, 3.8) is 0 Å². The zero-order valence-electron chi connectivity index (χ0n) is 14.6. The number of halogens is 3. The van der Waals surface area contributed by atoms with Gasteiger partial charge >= 0.3 is 18.2 Å². The lowest BCUT2D eigenvalue weighted by molar-refractivity contribution is -0.389. The van der Waals surface area contributed by atoms with Crippen molar-refractivity contribution in [2.45, 2.75) is 32.0 Å². The number of aromatic nitrogens is 2. The Morgan fingerprint density at radius 2 is 2.07 bits per heavy atom. The lowest BCUT2D eigenvalue weighted by Crippen LogP contribution is -2.43. The molecule has 0 saturated carbocycles. The highest BCUT2D eigenvalue weighted by Crippen LogP contribution is 2.31. The molecule has 0 spiro atoms. The molecule has 2 heterocycles. The fraction of sp³-hybridized carbons (Fsp3) is 0.438. The van der Waals surface area contributed by atoms with Gasteiger partial charge in [-0.2, -0.15) is 0 Å². The normalized spacial score (nSPS) is 19.0. The molecule has 1 aromatic carbocycles. The van der Waals surface area contributed by atoms with Crippen LogP contribution in [-0.2, 0) is 13.1 Å². The van der Waals surface area contributed by atoms with Gasteiger partial charge in [-0.15, -0.1) is 13.2 Å². The first kappa shape index (κ1) is 19.0. The molecule has 0 bridgehead atoms. The van der Waals surface area contributed by atoms with E-state index in [0.717, 1.165) is 5.56 Å². The molecule has 1 aromatic heterocycles. The van der Waals surface area contributed by atoms with E-state index in [1.54, 1.807) is 16.7 Å². The molecule has 3 rings (SSSR count). The molecule has 1 aliphatic heterocycles. The molecule has 146 valence electrons. The maximum atomic E-state index is 12.2. The number of imidazole rings is 1. The summed E-state index contributed by atoms with van der Waals surface area (Å²) in [5, 5.41) is 10.7. The predicted molar refractivity (Wildman–Crippen MR) is 87.4 cm³/mol. The van der Waals surface area contributed by atoms with Crippen LogP contribution in [0.5, 0.6) is 11.8 Å². The lowest BCUT2D eigenvalue weighted by atomic mass is 10.1. The van der Waals surface area contributed by atoms with Gasteiger partial charge in [-0.1, -0.05) is 12.1 Å². The molecule has 1 aliphatic rings. The Labute approximate surface area is 152 Å². The quantitative estimate of drug-likeness (QED) is 0.561. The van der Waals surface area contributed by atoms with Gasteiger partial charge in [0.15, 0.2) is 0 Å². The Bertz CT molecular complexity index is 812. The van der Waals surface area contributed by atoms with E-state index in [1.807, 2.05) is 18.9 Å². The molecule has 0 fully saturated rings. The smallest absolute Gasteiger partial charge is 0.436 e. The average Bonchev–Trinajstić information content (AvgIpc) is 3.02. The molecule has 0 unspecified atom stereocenters. The highest BCUT2D eigenvalue weighted by atomic mass is 19.4. The van der Waals surface area contributed by atoms with E-state index in [-0.39, 0.29) is 17.6 Å². The minimum absolute atomic E-state index is 0.200. The Balaban J connectivity index is 1.57. The predicted octanol–water partition coefficient (Wildman–Crippen LogP) is 2.97. The van der Waals surface area contributed by atoms with Crippen LogP contribution in [0.3, 0.4) is 0 Å². The average molecular weight is 386 g/mol. The molecule has 27 heavy (non-hydrogen) atoms. The molecule has 0 amide bonds. The van der Waals surface area contributed by atoms with Gasteiger partial charge < -0.3 is 19.6 Å². The van der Waals surface area contributed by atoms with Crippen molar-refractivity contribution in [3.8, 4) is 11.8 Å². The minimum Gasteiger partial charge on any atom is -0.436 e. The minimum atomic E-state index is -4.72. The molecule has 0 radical (unpaired) electrons. The van der Waals surface area contributed by atoms with Gasteiger partial charge in [-0.25, -0.2) is 0 Å². The molecular weight excluding hydrogens is 369 g/mol. The summed E-state index contributed by atoms with van der Waals surface area (Å²) in [4.78, 5) is 15.9. The number of rotatable bonds is 6. The van der Waals surface area contributed by atoms with Crippen LogP contribution in [0.2, 0.25) is 0 Å². The van der Waals surface area contributed by atoms with E-state index < -0.39 is 16.9 Å². The van der Waals surface area contributed by atoms with Gasteiger partial charge in [0.25, 0.3) is 0 Å². The molecule has 11 heteroatoms. The Morgan fingerprint density at radius 1 is 1.41 bits per heavy atom. The van der Waals surface area contributed by atoms with E-state index >= 15 is 0 Å². The number of likely N-dealkylation sites (N-methyl/N-ethyl adjacent to an activating group) is 1. The second kappa shape index (κ2) is 6.72. The van der Waals surface area contributed by atoms with Gasteiger partial charge in [-0.3, -0.25) is 9.47 Å². The molecule has 0 N–H and O–H groups in total. The Morgan fingerprint density at radius 3 is 2.63 bits per heavy atom. The highest BCUT2D eigenvalue weighted by Gasteiger charge is 2.41. The fourth-order valence-electron chi connectivity index (χ4n) is 3.10. The number of nitro groups is 1. The maximum absolute atomic E-state index is 12.2. The third-order valence-corrected chi connectivity index (χ3v) is 3.97. The number of fused-ring (bicyclic) bond motifs is 1. The van der Waals surface area contributed by atoms with E-state index in [1.165, 1.54) is 18.3 Å². The first-order valence-corrected chi connectivity index (χ1v) is 7.97. The highest BCUT2D eigenvalue weighted by molar-refractivity contribution is 5.27. The van der Waals surface area contributed by atoms with Crippen LogP contribution in [-0.4, -0.2) is 44.9 Å². The summed E-state index contributed by atoms with van der Waals surface area (Å²) in [7, 11) is 1.85. The number of benzene rings is 1. The van der Waals surface area contributed by atoms with E-state index in [0.29, 0.717) is 19.6 Å². The number of hydrogen-bond acceptors (Lipinski definition) is 6. The Hall–Kier alpha value is -2.82. The summed E-state index contributed by atoms with van der Waals surface area (Å²) < 4.78 is 47.8. The van der Waals surface area contributed by atoms with E-state index in [9.17, 15) is 23.3 Å². The second-order valence-electron chi connectivity index (χ2n) is 6.68. The van der Waals surface area contributed by atoms with Crippen molar-refractivity contribution in [2.75, 3.05) is 13.6 Å². The fourth-order valence-corrected chi connectivity index (χ4v) is 3.10. The summed E-state index contributed by atoms with van der Waals surface area (Å²) in [5.74, 6) is -0.534. The zero-order valence-corrected chi connectivity index (χ0v) is 14.6. The molecule has 1 atom stereocenters. The van der Waals surface area contributed by atoms with Gasteiger partial charge in [0.2, 0.25) is 0 Å². The van der Waals surface area contributed by atoms with Crippen LogP contribution in [0, 0.1) is 10.1 Å². The SMILES string of the molecule is CN(Cc1ccc(OC(F)(F)F)cc1)C[C@@]1(C)Cn2cc([N+](=O)[O-])nc2O1. The van der Waals surface area contributed by atoms with Crippen molar-refractivity contribution in [3.05, 3.63) is 46.1 Å². The summed E-state index contributed by atoms with van der Waals surface area (Å²) >= 11 is 0. The first-order chi connectivity index (χ1) is 12.5. The standard InChI is InChI=1S/C16H17F3N4O4/c1-15(10-22-8-13(23(24)25)20-14(22)27-15)9-21(2)7-11-3-5-12(6-4-11)26-16(17,18)19/h3-6,8H,7,9-10H2,1-2H3/t15-/m0/s1. The van der Waals surface area contributed by atoms with Crippen molar-refractivity contribution in [2.24, 2.45) is 0 Å². The molecule has 0 saturated heterocycles. The van der Waals surface area contributed by atoms with Crippen molar-refractivity contribution in [1.29, 1.82) is 0 Å². The van der Waals surface area contributed by atoms with E-state index in [4.69, 9.17) is 4.74 Å². The van der Waals surface area contributed by atoms with Crippen LogP contribution in [0.1, 0.15) is 12.5 Å². The summed E-state index contributed by atoms with van der Waals surface area (Å²) in [6, 6.07) is 5.85. The maximum Gasteiger partial charge on any atom is 0.573 e. The number of ether oxygens (including phenoxy) is 2. The monoisotopic (exact) mass is 386 g/mol. The topological polar surface area (TPSA) is 82.7 Å². The Kier molecular flexibility index (Phi) is 4.72. The molecule has 0 aliphatic carbocycles. The number of hydrogen-bond donors (Lipinski definition) is 0. The first-order valence-electron chi connectivity index (χ1n) is 7.97. The van der Waals surface area contributed by atoms with Gasteiger partial charge in [-0.05, 0) is 36.6 Å². The van der Waals surface area contributed by atoms with Gasteiger partial charge in [0, 0.05) is 18.1 Å². The molecule has 2 aromatic rings. The largest absolute Gasteiger partial charge is 0.573 e. The van der Waals surface area contributed by atoms with Crippen molar-refractivity contribution < 1.29 is 27.6 Å². The third kappa shape index (κ3) is 4.67. The number of nitrogens with zero attached hydrogens (tertiary/aromatic N) is 4. The third-order valence-electron chi connectivity index (χ3n) is 3.97. The molecule has 8 nitrogen and oxygen atoms in total. The van der Waals surface area contributed by atoms with Crippen LogP contribution < -0.4 is 9.47 Å². The zero-order chi connectivity index (χ0) is 19.8. The lowest BCUT2D eigenvalue weighted by Gasteiger charge is -2.28. The summed E-state index contributed by atoms with van der Waals surface area (Å²) in [6.45, 7) is 3.24. The van der Waals surface area contributed by atoms with Gasteiger partial charge in [0.1, 0.15) is 17.5 Å². The second-order valence-corrected chi connectivity index (χ2v) is 6.68. The summed E-state index contributed by atoms with van der Waals surface area (Å²) in [5.41, 5.74) is 0.188. The van der Waals surface area contributed by atoms with Crippen LogP contribution in [0.4, 0.5) is 19.0 Å². The van der Waals surface area contributed by atoms with Crippen LogP contribution in [0.25, 0.3) is 0 Å². The van der Waals surface area contributed by atoms with Crippen molar-refractivity contribution in [1.82, 2.24) is 14.5 Å². The van der Waals surface area contributed by atoms with Gasteiger partial charge in [0.05, 0.1) is 6.54 Å². The van der Waals surface area contributed by atoms with Crippen LogP contribution in [0.15, 0.2) is 30.5 Å². The van der Waals surface area contributed by atoms with Crippen LogP contribution >= 0.6 is 0 Å². The summed E-state index contributed by atoms with van der Waals surface area (Å²) in [6.07, 6.45) is -3.38.